The summed E-state index contributed by atoms with van der Waals surface area (Å²) in [6.07, 6.45) is 0.255. The van der Waals surface area contributed by atoms with E-state index in [-0.39, 0.29) is 6.17 Å². The van der Waals surface area contributed by atoms with Crippen molar-refractivity contribution in [1.29, 1.82) is 0 Å². The van der Waals surface area contributed by atoms with Crippen molar-refractivity contribution < 1.29 is 0 Å². The maximum atomic E-state index is 5.25. The van der Waals surface area contributed by atoms with E-state index in [4.69, 9.17) is 12.2 Å². The average Bonchev–Trinajstić information content (AvgIpc) is 2.43. The number of benzene rings is 1. The summed E-state index contributed by atoms with van der Waals surface area (Å²) in [6, 6.07) is 10.2. The first-order valence-electron chi connectivity index (χ1n) is 4.58. The van der Waals surface area contributed by atoms with Gasteiger partial charge in [-0.05, 0) is 31.3 Å². The molecule has 0 saturated carbocycles. The molecule has 74 valence electrons. The zero-order chi connectivity index (χ0) is 10.1. The van der Waals surface area contributed by atoms with Crippen LogP contribution >= 0.6 is 12.2 Å². The van der Waals surface area contributed by atoms with Gasteiger partial charge in [0.05, 0.1) is 0 Å². The number of para-hydroxylation sites is 1. The first-order chi connectivity index (χ1) is 6.70. The van der Waals surface area contributed by atoms with E-state index in [2.05, 4.69) is 29.4 Å². The lowest BCUT2D eigenvalue weighted by Gasteiger charge is -2.23. The summed E-state index contributed by atoms with van der Waals surface area (Å²) in [4.78, 5) is 2.09. The number of hydrogen-bond acceptors (Lipinski definition) is 2. The molecule has 0 radical (unpaired) electrons. The second kappa shape index (κ2) is 3.55. The molecule has 14 heavy (non-hydrogen) atoms. The lowest BCUT2D eigenvalue weighted by Crippen LogP contribution is -2.35. The van der Waals surface area contributed by atoms with E-state index in [1.165, 1.54) is 0 Å². The highest BCUT2D eigenvalue weighted by atomic mass is 32.1. The third kappa shape index (κ3) is 1.47. The molecule has 1 aliphatic rings. The SMILES string of the molecule is CC1N(C)NC(=S)N1c1ccccc1. The first kappa shape index (κ1) is 9.43. The minimum absolute atomic E-state index is 0.255. The standard InChI is InChI=1S/C10H13N3S/c1-8-12(2)11-10(14)13(8)9-6-4-3-5-7-9/h3-8H,1-2H3,(H,11,14). The summed E-state index contributed by atoms with van der Waals surface area (Å²) in [7, 11) is 1.99. The summed E-state index contributed by atoms with van der Waals surface area (Å²) in [5.41, 5.74) is 4.23. The largest absolute Gasteiger partial charge is 0.300 e. The van der Waals surface area contributed by atoms with Crippen LogP contribution in [-0.4, -0.2) is 23.3 Å². The van der Waals surface area contributed by atoms with Crippen molar-refractivity contribution in [2.45, 2.75) is 13.1 Å². The van der Waals surface area contributed by atoms with E-state index in [9.17, 15) is 0 Å². The smallest absolute Gasteiger partial charge is 0.189 e. The molecular weight excluding hydrogens is 194 g/mol. The molecule has 2 rings (SSSR count). The fraction of sp³-hybridized carbons (Fsp3) is 0.300. The molecule has 0 aromatic heterocycles. The minimum atomic E-state index is 0.255. The predicted molar refractivity (Wildman–Crippen MR) is 61.9 cm³/mol. The van der Waals surface area contributed by atoms with E-state index in [1.807, 2.05) is 30.3 Å². The van der Waals surface area contributed by atoms with Crippen LogP contribution in [0.2, 0.25) is 0 Å². The normalized spacial score (nSPS) is 22.6. The molecule has 1 aromatic rings. The Morgan fingerprint density at radius 2 is 1.93 bits per heavy atom. The highest BCUT2D eigenvalue weighted by Crippen LogP contribution is 2.21. The first-order valence-corrected chi connectivity index (χ1v) is 4.98. The van der Waals surface area contributed by atoms with Crippen molar-refractivity contribution in [3.63, 3.8) is 0 Å². The monoisotopic (exact) mass is 207 g/mol. The molecule has 0 spiro atoms. The van der Waals surface area contributed by atoms with Gasteiger partial charge in [-0.1, -0.05) is 18.2 Å². The Morgan fingerprint density at radius 3 is 2.43 bits per heavy atom. The molecule has 1 aromatic carbocycles. The Bertz CT molecular complexity index is 338. The molecule has 1 heterocycles. The molecule has 4 heteroatoms. The molecule has 1 saturated heterocycles. The van der Waals surface area contributed by atoms with Crippen LogP contribution in [0.1, 0.15) is 6.92 Å². The maximum absolute atomic E-state index is 5.25. The fourth-order valence-electron chi connectivity index (χ4n) is 1.56. The molecule has 3 nitrogen and oxygen atoms in total. The fourth-order valence-corrected chi connectivity index (χ4v) is 1.96. The van der Waals surface area contributed by atoms with Gasteiger partial charge in [-0.15, -0.1) is 0 Å². The van der Waals surface area contributed by atoms with Crippen LogP contribution in [0, 0.1) is 0 Å². The van der Waals surface area contributed by atoms with Crippen molar-refractivity contribution in [1.82, 2.24) is 10.4 Å². The Morgan fingerprint density at radius 1 is 1.29 bits per heavy atom. The van der Waals surface area contributed by atoms with Gasteiger partial charge < -0.3 is 4.90 Å². The number of anilines is 1. The Labute approximate surface area is 89.3 Å². The third-order valence-corrected chi connectivity index (χ3v) is 2.75. The summed E-state index contributed by atoms with van der Waals surface area (Å²) in [6.45, 7) is 2.11. The molecule has 1 unspecified atom stereocenters. The highest BCUT2D eigenvalue weighted by Gasteiger charge is 2.29. The molecular formula is C10H13N3S. The van der Waals surface area contributed by atoms with Crippen molar-refractivity contribution in [3.8, 4) is 0 Å². The van der Waals surface area contributed by atoms with E-state index in [1.54, 1.807) is 0 Å². The Kier molecular flexibility index (Phi) is 2.39. The summed E-state index contributed by atoms with van der Waals surface area (Å²) in [5.74, 6) is 0. The van der Waals surface area contributed by atoms with E-state index in [0.29, 0.717) is 0 Å². The van der Waals surface area contributed by atoms with Crippen molar-refractivity contribution >= 4 is 23.0 Å². The van der Waals surface area contributed by atoms with Gasteiger partial charge in [0.2, 0.25) is 0 Å². The van der Waals surface area contributed by atoms with Gasteiger partial charge in [-0.2, -0.15) is 0 Å². The Balaban J connectivity index is 2.31. The molecule has 1 atom stereocenters. The topological polar surface area (TPSA) is 18.5 Å². The van der Waals surface area contributed by atoms with Crippen LogP contribution in [0.3, 0.4) is 0 Å². The van der Waals surface area contributed by atoms with Crippen molar-refractivity contribution in [2.24, 2.45) is 0 Å². The summed E-state index contributed by atoms with van der Waals surface area (Å²) in [5, 5.41) is 2.75. The molecule has 0 amide bonds. The van der Waals surface area contributed by atoms with Crippen LogP contribution < -0.4 is 10.3 Å². The van der Waals surface area contributed by atoms with Crippen LogP contribution in [0.25, 0.3) is 0 Å². The van der Waals surface area contributed by atoms with Crippen LogP contribution in [0.15, 0.2) is 30.3 Å². The molecule has 1 aliphatic heterocycles. The van der Waals surface area contributed by atoms with Gasteiger partial charge in [0.15, 0.2) is 5.11 Å². The lowest BCUT2D eigenvalue weighted by molar-refractivity contribution is 0.264. The highest BCUT2D eigenvalue weighted by molar-refractivity contribution is 7.80. The number of rotatable bonds is 1. The molecule has 1 fully saturated rings. The second-order valence-corrected chi connectivity index (χ2v) is 3.75. The number of thiocarbonyl (C=S) groups is 1. The van der Waals surface area contributed by atoms with E-state index in [0.717, 1.165) is 10.8 Å². The van der Waals surface area contributed by atoms with Crippen LogP contribution in [0.4, 0.5) is 5.69 Å². The minimum Gasteiger partial charge on any atom is -0.300 e. The Hall–Kier alpha value is -1.13. The quantitative estimate of drug-likeness (QED) is 0.704. The zero-order valence-electron chi connectivity index (χ0n) is 8.27. The van der Waals surface area contributed by atoms with Crippen molar-refractivity contribution in [2.75, 3.05) is 11.9 Å². The van der Waals surface area contributed by atoms with Gasteiger partial charge in [-0.3, -0.25) is 5.43 Å². The predicted octanol–water partition coefficient (Wildman–Crippen LogP) is 1.57. The summed E-state index contributed by atoms with van der Waals surface area (Å²) >= 11 is 5.25. The number of hydrazine groups is 1. The number of nitrogens with zero attached hydrogens (tertiary/aromatic N) is 2. The van der Waals surface area contributed by atoms with E-state index >= 15 is 0 Å². The zero-order valence-corrected chi connectivity index (χ0v) is 9.08. The van der Waals surface area contributed by atoms with Crippen LogP contribution in [-0.2, 0) is 0 Å². The molecule has 1 N–H and O–H groups in total. The lowest BCUT2D eigenvalue weighted by atomic mass is 10.3. The van der Waals surface area contributed by atoms with Gasteiger partial charge in [0.1, 0.15) is 6.17 Å². The van der Waals surface area contributed by atoms with E-state index < -0.39 is 0 Å². The molecule has 0 aliphatic carbocycles. The number of nitrogens with one attached hydrogen (secondary N) is 1. The molecule has 0 bridgehead atoms. The van der Waals surface area contributed by atoms with Gasteiger partial charge >= 0.3 is 0 Å². The maximum Gasteiger partial charge on any atom is 0.189 e. The number of hydrogen-bond donors (Lipinski definition) is 1. The van der Waals surface area contributed by atoms with Gasteiger partial charge in [0.25, 0.3) is 0 Å². The van der Waals surface area contributed by atoms with Gasteiger partial charge in [0, 0.05) is 12.7 Å². The average molecular weight is 207 g/mol. The van der Waals surface area contributed by atoms with Crippen LogP contribution in [0.5, 0.6) is 0 Å². The second-order valence-electron chi connectivity index (χ2n) is 3.37. The van der Waals surface area contributed by atoms with Crippen molar-refractivity contribution in [3.05, 3.63) is 30.3 Å². The third-order valence-electron chi connectivity index (χ3n) is 2.46. The van der Waals surface area contributed by atoms with Gasteiger partial charge in [-0.25, -0.2) is 5.01 Å². The summed E-state index contributed by atoms with van der Waals surface area (Å²) < 4.78 is 0.